The number of amides is 1. The molecule has 1 fully saturated rings. The van der Waals surface area contributed by atoms with E-state index in [2.05, 4.69) is 14.5 Å². The van der Waals surface area contributed by atoms with Crippen molar-refractivity contribution < 1.29 is 9.53 Å². The number of nitrogens with two attached hydrogens (primary N) is 1. The third kappa shape index (κ3) is 5.42. The van der Waals surface area contributed by atoms with Gasteiger partial charge in [-0.25, -0.2) is 9.78 Å². The van der Waals surface area contributed by atoms with Gasteiger partial charge in [-0.15, -0.1) is 0 Å². The van der Waals surface area contributed by atoms with Gasteiger partial charge < -0.3 is 19.9 Å². The molecule has 0 spiro atoms. The van der Waals surface area contributed by atoms with Gasteiger partial charge in [-0.2, -0.15) is 0 Å². The second-order valence-corrected chi connectivity index (χ2v) is 9.04. The van der Waals surface area contributed by atoms with E-state index in [1.54, 1.807) is 13.3 Å². The summed E-state index contributed by atoms with van der Waals surface area (Å²) < 4.78 is 8.48. The molecule has 3 aromatic rings. The molecule has 1 saturated carbocycles. The summed E-state index contributed by atoms with van der Waals surface area (Å²) in [6, 6.07) is 9.74. The maximum atomic E-state index is 13.3. The first kappa shape index (κ1) is 23.8. The molecule has 0 aliphatic heterocycles. The van der Waals surface area contributed by atoms with Crippen molar-refractivity contribution in [2.75, 3.05) is 36.6 Å². The standard InChI is InChI=1S/C23H28N6O4S/c1-33-13-5-11-28(18(30)15-34-23-25-10-12-27(23)17-8-9-17)19-20(24)29(22(32)26-21(19)31)14-16-6-3-2-4-7-16/h2-4,6-7,10,12,17H,5,8-9,11,13-15,24H2,1H3,(H,26,31,32). The maximum Gasteiger partial charge on any atom is 0.330 e. The first-order valence-electron chi connectivity index (χ1n) is 11.1. The predicted octanol–water partition coefficient (Wildman–Crippen LogP) is 1.86. The molecule has 180 valence electrons. The Morgan fingerprint density at radius 3 is 2.76 bits per heavy atom. The molecule has 1 aliphatic rings. The van der Waals surface area contributed by atoms with Gasteiger partial charge in [0.05, 0.1) is 12.3 Å². The molecular formula is C23H28N6O4S. The summed E-state index contributed by atoms with van der Waals surface area (Å²) in [5, 5.41) is 0.767. The lowest BCUT2D eigenvalue weighted by Gasteiger charge is -2.24. The zero-order chi connectivity index (χ0) is 24.1. The van der Waals surface area contributed by atoms with Crippen molar-refractivity contribution in [3.05, 3.63) is 69.1 Å². The number of benzene rings is 1. The molecule has 10 nitrogen and oxygen atoms in total. The van der Waals surface area contributed by atoms with Crippen LogP contribution in [0.5, 0.6) is 0 Å². The molecule has 3 N–H and O–H groups in total. The van der Waals surface area contributed by atoms with Crippen LogP contribution in [0.2, 0.25) is 0 Å². The number of aromatic nitrogens is 4. The number of hydrogen-bond acceptors (Lipinski definition) is 7. The Bertz CT molecular complexity index is 1250. The lowest BCUT2D eigenvalue weighted by Crippen LogP contribution is -2.42. The molecule has 34 heavy (non-hydrogen) atoms. The van der Waals surface area contributed by atoms with Crippen LogP contribution in [0.1, 0.15) is 30.9 Å². The molecular weight excluding hydrogens is 456 g/mol. The van der Waals surface area contributed by atoms with Crippen molar-refractivity contribution in [2.24, 2.45) is 0 Å². The number of nitrogens with zero attached hydrogens (tertiary/aromatic N) is 4. The molecule has 11 heteroatoms. The summed E-state index contributed by atoms with van der Waals surface area (Å²) in [6.07, 6.45) is 6.36. The van der Waals surface area contributed by atoms with Crippen LogP contribution >= 0.6 is 11.8 Å². The summed E-state index contributed by atoms with van der Waals surface area (Å²) in [7, 11) is 1.57. The van der Waals surface area contributed by atoms with Gasteiger partial charge in [-0.3, -0.25) is 19.1 Å². The SMILES string of the molecule is COCCCN(C(=O)CSc1nccn1C1CC1)c1c(N)n(Cc2ccccc2)c(=O)[nH]c1=O. The Morgan fingerprint density at radius 1 is 1.29 bits per heavy atom. The number of nitrogen functional groups attached to an aromatic ring is 1. The lowest BCUT2D eigenvalue weighted by molar-refractivity contribution is -0.116. The fourth-order valence-electron chi connectivity index (χ4n) is 3.74. The number of rotatable bonds is 11. The maximum absolute atomic E-state index is 13.3. The molecule has 2 heterocycles. The molecule has 0 radical (unpaired) electrons. The fraction of sp³-hybridized carbons (Fsp3) is 0.391. The van der Waals surface area contributed by atoms with Crippen LogP contribution in [-0.4, -0.2) is 51.0 Å². The second kappa shape index (κ2) is 10.7. The van der Waals surface area contributed by atoms with E-state index in [-0.39, 0.29) is 36.3 Å². The topological polar surface area (TPSA) is 128 Å². The second-order valence-electron chi connectivity index (χ2n) is 8.09. The number of methoxy groups -OCH3 is 1. The van der Waals surface area contributed by atoms with E-state index in [0.29, 0.717) is 19.1 Å². The van der Waals surface area contributed by atoms with Crippen molar-refractivity contribution in [3.63, 3.8) is 0 Å². The summed E-state index contributed by atoms with van der Waals surface area (Å²) in [5.41, 5.74) is 5.83. The highest BCUT2D eigenvalue weighted by Crippen LogP contribution is 2.37. The number of carbonyl (C=O) groups is 1. The average Bonchev–Trinajstić information content (AvgIpc) is 3.57. The van der Waals surface area contributed by atoms with Gasteiger partial charge >= 0.3 is 5.69 Å². The number of carbonyl (C=O) groups excluding carboxylic acids is 1. The quantitative estimate of drug-likeness (QED) is 0.314. The van der Waals surface area contributed by atoms with Crippen molar-refractivity contribution in [2.45, 2.75) is 37.0 Å². The number of imidazole rings is 1. The minimum absolute atomic E-state index is 0.0252. The van der Waals surface area contributed by atoms with E-state index < -0.39 is 11.2 Å². The molecule has 4 rings (SSSR count). The van der Waals surface area contributed by atoms with Crippen molar-refractivity contribution >= 4 is 29.2 Å². The molecule has 0 atom stereocenters. The van der Waals surface area contributed by atoms with Gasteiger partial charge in [0.15, 0.2) is 10.8 Å². The largest absolute Gasteiger partial charge is 0.385 e. The van der Waals surface area contributed by atoms with E-state index in [4.69, 9.17) is 10.5 Å². The third-order valence-electron chi connectivity index (χ3n) is 5.60. The first-order chi connectivity index (χ1) is 16.5. The Morgan fingerprint density at radius 2 is 2.06 bits per heavy atom. The molecule has 1 aliphatic carbocycles. The van der Waals surface area contributed by atoms with Crippen LogP contribution in [-0.2, 0) is 16.1 Å². The number of thioether (sulfide) groups is 1. The summed E-state index contributed by atoms with van der Waals surface area (Å²) in [6.45, 7) is 0.800. The number of H-pyrrole nitrogens is 1. The van der Waals surface area contributed by atoms with Gasteiger partial charge in [0.1, 0.15) is 5.82 Å². The monoisotopic (exact) mass is 484 g/mol. The van der Waals surface area contributed by atoms with Crippen molar-refractivity contribution in [1.29, 1.82) is 0 Å². The van der Waals surface area contributed by atoms with Crippen LogP contribution in [0.4, 0.5) is 11.5 Å². The van der Waals surface area contributed by atoms with Crippen molar-refractivity contribution in [1.82, 2.24) is 19.1 Å². The summed E-state index contributed by atoms with van der Waals surface area (Å²) >= 11 is 1.32. The normalized spacial score (nSPS) is 13.2. The van der Waals surface area contributed by atoms with Crippen LogP contribution < -0.4 is 21.9 Å². The van der Waals surface area contributed by atoms with Crippen molar-refractivity contribution in [3.8, 4) is 0 Å². The molecule has 0 bridgehead atoms. The Balaban J connectivity index is 1.62. The Hall–Kier alpha value is -3.31. The predicted molar refractivity (Wildman–Crippen MR) is 131 cm³/mol. The number of ether oxygens (including phenoxy) is 1. The van der Waals surface area contributed by atoms with E-state index >= 15 is 0 Å². The fourth-order valence-corrected chi connectivity index (χ4v) is 4.64. The van der Waals surface area contributed by atoms with Crippen LogP contribution in [0, 0.1) is 0 Å². The van der Waals surface area contributed by atoms with E-state index in [0.717, 1.165) is 23.6 Å². The molecule has 1 aromatic carbocycles. The highest BCUT2D eigenvalue weighted by atomic mass is 32.2. The van der Waals surface area contributed by atoms with Crippen LogP contribution in [0.25, 0.3) is 0 Å². The highest BCUT2D eigenvalue weighted by molar-refractivity contribution is 7.99. The number of aromatic amines is 1. The molecule has 1 amide bonds. The minimum Gasteiger partial charge on any atom is -0.385 e. The smallest absolute Gasteiger partial charge is 0.330 e. The van der Waals surface area contributed by atoms with Gasteiger partial charge in [-0.1, -0.05) is 42.1 Å². The van der Waals surface area contributed by atoms with Gasteiger partial charge in [0, 0.05) is 38.7 Å². The van der Waals surface area contributed by atoms with Gasteiger partial charge in [0.2, 0.25) is 5.91 Å². The van der Waals surface area contributed by atoms with Crippen LogP contribution in [0.15, 0.2) is 57.5 Å². The molecule has 2 aromatic heterocycles. The van der Waals surface area contributed by atoms with E-state index in [1.165, 1.54) is 21.2 Å². The van der Waals surface area contributed by atoms with E-state index in [9.17, 15) is 14.4 Å². The zero-order valence-corrected chi connectivity index (χ0v) is 19.8. The van der Waals surface area contributed by atoms with Gasteiger partial charge in [-0.05, 0) is 24.8 Å². The van der Waals surface area contributed by atoms with Crippen LogP contribution in [0.3, 0.4) is 0 Å². The molecule has 0 saturated heterocycles. The number of nitrogens with one attached hydrogen (secondary N) is 1. The minimum atomic E-state index is -0.693. The van der Waals surface area contributed by atoms with E-state index in [1.807, 2.05) is 36.5 Å². The van der Waals surface area contributed by atoms with Gasteiger partial charge in [0.25, 0.3) is 5.56 Å². The Kier molecular flexibility index (Phi) is 7.53. The highest BCUT2D eigenvalue weighted by Gasteiger charge is 2.27. The average molecular weight is 485 g/mol. The third-order valence-corrected chi connectivity index (χ3v) is 6.56. The number of hydrogen-bond donors (Lipinski definition) is 2. The zero-order valence-electron chi connectivity index (χ0n) is 19.0. The lowest BCUT2D eigenvalue weighted by atomic mass is 10.2. The Labute approximate surface area is 200 Å². The summed E-state index contributed by atoms with van der Waals surface area (Å²) in [4.78, 5) is 46.7. The number of anilines is 2. The summed E-state index contributed by atoms with van der Waals surface area (Å²) in [5.74, 6) is -0.269. The first-order valence-corrected chi connectivity index (χ1v) is 12.1. The molecule has 0 unspecified atom stereocenters.